The molecule has 1 aromatic heterocycles. The maximum Gasteiger partial charge on any atom is 0.309 e. The van der Waals surface area contributed by atoms with Crippen LogP contribution in [0.1, 0.15) is 31.2 Å². The third-order valence-electron chi connectivity index (χ3n) is 4.26. The van der Waals surface area contributed by atoms with Crippen LogP contribution in [0.5, 0.6) is 0 Å². The minimum atomic E-state index is -0.673. The number of piperidine rings is 1. The zero-order valence-corrected chi connectivity index (χ0v) is 12.9. The van der Waals surface area contributed by atoms with Crippen molar-refractivity contribution in [3.8, 4) is 0 Å². The lowest BCUT2D eigenvalue weighted by Gasteiger charge is -2.38. The summed E-state index contributed by atoms with van der Waals surface area (Å²) in [6.45, 7) is 6.04. The molecule has 1 N–H and O–H groups in total. The fourth-order valence-corrected chi connectivity index (χ4v) is 3.09. The average Bonchev–Trinajstić information content (AvgIpc) is 2.46. The van der Waals surface area contributed by atoms with Gasteiger partial charge in [0, 0.05) is 18.9 Å². The number of hydrogen-bond acceptors (Lipinski definition) is 3. The van der Waals surface area contributed by atoms with E-state index in [-0.39, 0.29) is 0 Å². The second kappa shape index (κ2) is 7.05. The van der Waals surface area contributed by atoms with Crippen molar-refractivity contribution in [1.29, 1.82) is 0 Å². The number of pyridine rings is 1. The number of aliphatic carboxylic acids is 1. The molecule has 0 atom stereocenters. The summed E-state index contributed by atoms with van der Waals surface area (Å²) in [5.41, 5.74) is 0.480. The molecule has 0 amide bonds. The SMILES string of the molecule is C=CCCC1(C(=O)O)CCN(Cc2cncc(Cl)c2)CC1. The molecule has 1 saturated heterocycles. The third-order valence-corrected chi connectivity index (χ3v) is 4.47. The van der Waals surface area contributed by atoms with Crippen molar-refractivity contribution in [2.45, 2.75) is 32.2 Å². The first-order valence-corrected chi connectivity index (χ1v) is 7.60. The van der Waals surface area contributed by atoms with Gasteiger partial charge in [0.1, 0.15) is 0 Å². The van der Waals surface area contributed by atoms with E-state index in [1.807, 2.05) is 12.3 Å². The molecule has 2 rings (SSSR count). The van der Waals surface area contributed by atoms with E-state index in [0.29, 0.717) is 24.3 Å². The van der Waals surface area contributed by atoms with Crippen LogP contribution in [-0.4, -0.2) is 34.0 Å². The summed E-state index contributed by atoms with van der Waals surface area (Å²) >= 11 is 5.94. The Morgan fingerprint density at radius 1 is 1.48 bits per heavy atom. The van der Waals surface area contributed by atoms with Gasteiger partial charge in [-0.2, -0.15) is 0 Å². The number of carboxylic acid groups (broad SMARTS) is 1. The van der Waals surface area contributed by atoms with E-state index in [1.165, 1.54) is 0 Å². The van der Waals surface area contributed by atoms with Gasteiger partial charge in [0.25, 0.3) is 0 Å². The van der Waals surface area contributed by atoms with E-state index in [0.717, 1.165) is 31.6 Å². The number of nitrogens with zero attached hydrogens (tertiary/aromatic N) is 2. The molecule has 0 saturated carbocycles. The largest absolute Gasteiger partial charge is 0.481 e. The Labute approximate surface area is 130 Å². The lowest BCUT2D eigenvalue weighted by atomic mass is 9.75. The summed E-state index contributed by atoms with van der Waals surface area (Å²) in [5.74, 6) is -0.673. The fourth-order valence-electron chi connectivity index (χ4n) is 2.89. The highest BCUT2D eigenvalue weighted by atomic mass is 35.5. The highest BCUT2D eigenvalue weighted by Crippen LogP contribution is 2.37. The smallest absolute Gasteiger partial charge is 0.309 e. The van der Waals surface area contributed by atoms with Crippen LogP contribution in [0.3, 0.4) is 0 Å². The summed E-state index contributed by atoms with van der Waals surface area (Å²) in [6.07, 6.45) is 8.03. The van der Waals surface area contributed by atoms with Gasteiger partial charge in [-0.25, -0.2) is 0 Å². The van der Waals surface area contributed by atoms with Crippen molar-refractivity contribution in [2.75, 3.05) is 13.1 Å². The minimum Gasteiger partial charge on any atom is -0.481 e. The first-order chi connectivity index (χ1) is 10.1. The van der Waals surface area contributed by atoms with E-state index in [1.54, 1.807) is 12.3 Å². The zero-order valence-electron chi connectivity index (χ0n) is 12.1. The second-order valence-corrected chi connectivity index (χ2v) is 6.14. The molecule has 0 aliphatic carbocycles. The Bertz CT molecular complexity index is 511. The van der Waals surface area contributed by atoms with E-state index in [2.05, 4.69) is 16.5 Å². The number of aromatic nitrogens is 1. The number of rotatable bonds is 6. The van der Waals surface area contributed by atoms with Crippen LogP contribution in [0.15, 0.2) is 31.1 Å². The van der Waals surface area contributed by atoms with Gasteiger partial charge in [-0.3, -0.25) is 14.7 Å². The van der Waals surface area contributed by atoms with E-state index in [9.17, 15) is 9.90 Å². The fraction of sp³-hybridized carbons (Fsp3) is 0.500. The number of likely N-dealkylation sites (tertiary alicyclic amines) is 1. The van der Waals surface area contributed by atoms with E-state index < -0.39 is 11.4 Å². The summed E-state index contributed by atoms with van der Waals surface area (Å²) in [7, 11) is 0. The summed E-state index contributed by atoms with van der Waals surface area (Å²) in [6, 6.07) is 1.91. The molecule has 0 bridgehead atoms. The Balaban J connectivity index is 1.95. The number of halogens is 1. The molecule has 0 radical (unpaired) electrons. The van der Waals surface area contributed by atoms with Crippen LogP contribution in [0.2, 0.25) is 5.02 Å². The molecule has 0 spiro atoms. The lowest BCUT2D eigenvalue weighted by molar-refractivity contribution is -0.152. The van der Waals surface area contributed by atoms with E-state index >= 15 is 0 Å². The molecular weight excluding hydrogens is 288 g/mol. The lowest BCUT2D eigenvalue weighted by Crippen LogP contribution is -2.44. The normalized spacial score (nSPS) is 18.3. The molecule has 1 fully saturated rings. The first-order valence-electron chi connectivity index (χ1n) is 7.22. The van der Waals surface area contributed by atoms with Gasteiger partial charge < -0.3 is 5.11 Å². The molecule has 1 aliphatic heterocycles. The Hall–Kier alpha value is -1.39. The van der Waals surface area contributed by atoms with Gasteiger partial charge in [-0.05, 0) is 50.4 Å². The number of allylic oxidation sites excluding steroid dienone is 1. The standard InChI is InChI=1S/C16H21ClN2O2/c1-2-3-4-16(15(20)21)5-7-19(8-6-16)12-13-9-14(17)11-18-10-13/h2,9-11H,1,3-8,12H2,(H,20,21). The van der Waals surface area contributed by atoms with Crippen LogP contribution >= 0.6 is 11.6 Å². The van der Waals surface area contributed by atoms with Crippen LogP contribution < -0.4 is 0 Å². The molecule has 4 nitrogen and oxygen atoms in total. The number of carboxylic acids is 1. The maximum absolute atomic E-state index is 11.6. The average molecular weight is 309 g/mol. The van der Waals surface area contributed by atoms with Gasteiger partial charge in [-0.1, -0.05) is 17.7 Å². The van der Waals surface area contributed by atoms with Crippen molar-refractivity contribution in [2.24, 2.45) is 5.41 Å². The van der Waals surface area contributed by atoms with Gasteiger partial charge in [0.05, 0.1) is 10.4 Å². The highest BCUT2D eigenvalue weighted by Gasteiger charge is 2.40. The molecule has 21 heavy (non-hydrogen) atoms. The summed E-state index contributed by atoms with van der Waals surface area (Å²) in [4.78, 5) is 18.0. The van der Waals surface area contributed by atoms with Gasteiger partial charge >= 0.3 is 5.97 Å². The Morgan fingerprint density at radius 3 is 2.76 bits per heavy atom. The predicted octanol–water partition coefficient (Wildman–Crippen LogP) is 3.37. The van der Waals surface area contributed by atoms with Crippen molar-refractivity contribution >= 4 is 17.6 Å². The summed E-state index contributed by atoms with van der Waals surface area (Å²) in [5, 5.41) is 10.2. The molecule has 1 aliphatic rings. The summed E-state index contributed by atoms with van der Waals surface area (Å²) < 4.78 is 0. The predicted molar refractivity (Wildman–Crippen MR) is 83.3 cm³/mol. The molecule has 5 heteroatoms. The molecule has 2 heterocycles. The highest BCUT2D eigenvalue weighted by molar-refractivity contribution is 6.30. The van der Waals surface area contributed by atoms with Crippen molar-refractivity contribution in [3.05, 3.63) is 41.7 Å². The molecule has 114 valence electrons. The van der Waals surface area contributed by atoms with E-state index in [4.69, 9.17) is 11.6 Å². The van der Waals surface area contributed by atoms with Gasteiger partial charge in [-0.15, -0.1) is 6.58 Å². The van der Waals surface area contributed by atoms with Gasteiger partial charge in [0.2, 0.25) is 0 Å². The van der Waals surface area contributed by atoms with Crippen LogP contribution in [-0.2, 0) is 11.3 Å². The van der Waals surface area contributed by atoms with Crippen molar-refractivity contribution in [3.63, 3.8) is 0 Å². The molecule has 0 aromatic carbocycles. The number of hydrogen-bond donors (Lipinski definition) is 1. The maximum atomic E-state index is 11.6. The van der Waals surface area contributed by atoms with Crippen LogP contribution in [0.25, 0.3) is 0 Å². The molecule has 0 unspecified atom stereocenters. The topological polar surface area (TPSA) is 53.4 Å². The number of carbonyl (C=O) groups is 1. The van der Waals surface area contributed by atoms with Crippen LogP contribution in [0, 0.1) is 5.41 Å². The second-order valence-electron chi connectivity index (χ2n) is 5.70. The molecular formula is C16H21ClN2O2. The zero-order chi connectivity index (χ0) is 15.3. The Morgan fingerprint density at radius 2 is 2.19 bits per heavy atom. The quantitative estimate of drug-likeness (QED) is 0.819. The van der Waals surface area contributed by atoms with Gasteiger partial charge in [0.15, 0.2) is 0 Å². The first kappa shape index (κ1) is 16.0. The monoisotopic (exact) mass is 308 g/mol. The third kappa shape index (κ3) is 4.05. The molecule has 1 aromatic rings. The van der Waals surface area contributed by atoms with Crippen LogP contribution in [0.4, 0.5) is 0 Å². The van der Waals surface area contributed by atoms with Crippen molar-refractivity contribution in [1.82, 2.24) is 9.88 Å². The van der Waals surface area contributed by atoms with Crippen molar-refractivity contribution < 1.29 is 9.90 Å². The Kier molecular flexibility index (Phi) is 5.37. The minimum absolute atomic E-state index is 0.586.